The van der Waals surface area contributed by atoms with E-state index in [9.17, 15) is 0 Å². The summed E-state index contributed by atoms with van der Waals surface area (Å²) in [6.45, 7) is 1.65. The molecule has 0 amide bonds. The molecule has 1 aliphatic rings. The van der Waals surface area contributed by atoms with Crippen molar-refractivity contribution < 1.29 is 4.74 Å². The van der Waals surface area contributed by atoms with Gasteiger partial charge in [-0.2, -0.15) is 0 Å². The van der Waals surface area contributed by atoms with E-state index >= 15 is 0 Å². The highest BCUT2D eigenvalue weighted by molar-refractivity contribution is 6.23. The van der Waals surface area contributed by atoms with Crippen molar-refractivity contribution in [2.45, 2.75) is 0 Å². The molecule has 1 heterocycles. The second-order valence-electron chi connectivity index (χ2n) is 1.42. The van der Waals surface area contributed by atoms with E-state index in [1.807, 2.05) is 0 Å². The van der Waals surface area contributed by atoms with Gasteiger partial charge in [0, 0.05) is 5.92 Å². The third-order valence-electron chi connectivity index (χ3n) is 0.842. The number of hydrogen-bond donors (Lipinski definition) is 0. The zero-order valence-corrected chi connectivity index (χ0v) is 4.11. The van der Waals surface area contributed by atoms with Crippen LogP contribution >= 0.6 is 11.6 Å². The molecule has 0 bridgehead atoms. The minimum Gasteiger partial charge on any atom is -0.381 e. The third-order valence-corrected chi connectivity index (χ3v) is 1.20. The van der Waals surface area contributed by atoms with Gasteiger partial charge in [-0.3, -0.25) is 0 Å². The van der Waals surface area contributed by atoms with Crippen molar-refractivity contribution in [3.8, 4) is 0 Å². The maximum absolute atomic E-state index is 5.30. The monoisotopic (exact) mass is 105 g/mol. The molecule has 0 aromatic carbocycles. The Bertz CT molecular complexity index is 40.1. The van der Waals surface area contributed by atoms with Crippen LogP contribution in [0.5, 0.6) is 0 Å². The van der Waals surface area contributed by atoms with Crippen molar-refractivity contribution in [2.24, 2.45) is 5.92 Å². The van der Waals surface area contributed by atoms with E-state index in [0.717, 1.165) is 13.2 Å². The summed E-state index contributed by atoms with van der Waals surface area (Å²) in [4.78, 5) is 0. The van der Waals surface area contributed by atoms with Gasteiger partial charge in [0.05, 0.1) is 19.1 Å². The Morgan fingerprint density at radius 3 is 2.33 bits per heavy atom. The van der Waals surface area contributed by atoms with Crippen LogP contribution in [0.25, 0.3) is 0 Å². The molecule has 1 radical (unpaired) electrons. The van der Waals surface area contributed by atoms with E-state index in [2.05, 4.69) is 0 Å². The fraction of sp³-hybridized carbons (Fsp3) is 0.750. The molecule has 0 aliphatic carbocycles. The van der Waals surface area contributed by atoms with Crippen LogP contribution in [0.1, 0.15) is 0 Å². The molecule has 0 saturated carbocycles. The molecule has 1 fully saturated rings. The van der Waals surface area contributed by atoms with Gasteiger partial charge >= 0.3 is 0 Å². The van der Waals surface area contributed by atoms with Crippen LogP contribution in [0.4, 0.5) is 0 Å². The van der Waals surface area contributed by atoms with E-state index in [-0.39, 0.29) is 0 Å². The van der Waals surface area contributed by atoms with Crippen LogP contribution in [0.15, 0.2) is 0 Å². The number of hydrogen-bond acceptors (Lipinski definition) is 1. The summed E-state index contributed by atoms with van der Waals surface area (Å²) >= 11 is 5.30. The van der Waals surface area contributed by atoms with Gasteiger partial charge in [0.15, 0.2) is 0 Å². The third kappa shape index (κ3) is 0.660. The quantitative estimate of drug-likeness (QED) is 0.484. The van der Waals surface area contributed by atoms with Gasteiger partial charge in [0.25, 0.3) is 0 Å². The van der Waals surface area contributed by atoms with Crippen LogP contribution in [0.2, 0.25) is 0 Å². The topological polar surface area (TPSA) is 9.23 Å². The predicted octanol–water partition coefficient (Wildman–Crippen LogP) is 1.03. The SMILES string of the molecule is Cl[CH]C1COC1. The van der Waals surface area contributed by atoms with Gasteiger partial charge in [-0.25, -0.2) is 0 Å². The van der Waals surface area contributed by atoms with Crippen LogP contribution < -0.4 is 0 Å². The molecule has 2 heteroatoms. The lowest BCUT2D eigenvalue weighted by molar-refractivity contribution is -0.0115. The molecule has 35 valence electrons. The van der Waals surface area contributed by atoms with E-state index in [1.165, 1.54) is 0 Å². The Kier molecular flexibility index (Phi) is 1.33. The van der Waals surface area contributed by atoms with Gasteiger partial charge in [-0.1, -0.05) is 0 Å². The largest absolute Gasteiger partial charge is 0.381 e. The molecule has 0 N–H and O–H groups in total. The van der Waals surface area contributed by atoms with E-state index in [1.54, 1.807) is 5.88 Å². The Morgan fingerprint density at radius 2 is 2.33 bits per heavy atom. The maximum atomic E-state index is 5.30. The average Bonchev–Trinajstić information content (AvgIpc) is 1.31. The van der Waals surface area contributed by atoms with Crippen molar-refractivity contribution in [1.29, 1.82) is 0 Å². The highest BCUT2D eigenvalue weighted by atomic mass is 35.5. The summed E-state index contributed by atoms with van der Waals surface area (Å²) in [5, 5.41) is 0. The molecular weight excluding hydrogens is 99.5 g/mol. The first kappa shape index (κ1) is 4.41. The second kappa shape index (κ2) is 1.80. The van der Waals surface area contributed by atoms with Gasteiger partial charge in [0.2, 0.25) is 0 Å². The smallest absolute Gasteiger partial charge is 0.0576 e. The van der Waals surface area contributed by atoms with Crippen molar-refractivity contribution in [3.63, 3.8) is 0 Å². The highest BCUT2D eigenvalue weighted by Gasteiger charge is 2.16. The molecule has 1 aliphatic heterocycles. The predicted molar refractivity (Wildman–Crippen MR) is 24.5 cm³/mol. The molecule has 0 unspecified atom stereocenters. The van der Waals surface area contributed by atoms with Crippen LogP contribution in [0.3, 0.4) is 0 Å². The van der Waals surface area contributed by atoms with Crippen molar-refractivity contribution in [2.75, 3.05) is 13.2 Å². The molecule has 0 spiro atoms. The normalized spacial score (nSPS) is 23.5. The molecule has 6 heavy (non-hydrogen) atoms. The number of rotatable bonds is 1. The first-order valence-corrected chi connectivity index (χ1v) is 2.38. The fourth-order valence-corrected chi connectivity index (χ4v) is 0.472. The summed E-state index contributed by atoms with van der Waals surface area (Å²) in [5.74, 6) is 2.19. The van der Waals surface area contributed by atoms with E-state index < -0.39 is 0 Å². The summed E-state index contributed by atoms with van der Waals surface area (Å²) in [7, 11) is 0. The molecular formula is C4H6ClO. The Labute approximate surface area is 42.2 Å². The van der Waals surface area contributed by atoms with Crippen molar-refractivity contribution in [1.82, 2.24) is 0 Å². The molecule has 0 atom stereocenters. The lowest BCUT2D eigenvalue weighted by atomic mass is 10.1. The highest BCUT2D eigenvalue weighted by Crippen LogP contribution is 2.14. The van der Waals surface area contributed by atoms with Crippen LogP contribution in [-0.4, -0.2) is 13.2 Å². The Hall–Kier alpha value is 0.250. The summed E-state index contributed by atoms with van der Waals surface area (Å²) in [5.41, 5.74) is 0. The van der Waals surface area contributed by atoms with Gasteiger partial charge in [0.1, 0.15) is 0 Å². The minimum atomic E-state index is 0.534. The lowest BCUT2D eigenvalue weighted by Gasteiger charge is -2.22. The first-order chi connectivity index (χ1) is 2.93. The summed E-state index contributed by atoms with van der Waals surface area (Å²) < 4.78 is 4.81. The zero-order valence-electron chi connectivity index (χ0n) is 3.36. The van der Waals surface area contributed by atoms with Gasteiger partial charge in [-0.05, 0) is 0 Å². The number of halogens is 1. The summed E-state index contributed by atoms with van der Waals surface area (Å²) in [6, 6.07) is 0. The summed E-state index contributed by atoms with van der Waals surface area (Å²) in [6.07, 6.45) is 0. The minimum absolute atomic E-state index is 0.534. The molecule has 1 nitrogen and oxygen atoms in total. The lowest BCUT2D eigenvalue weighted by Crippen LogP contribution is -2.26. The van der Waals surface area contributed by atoms with Crippen molar-refractivity contribution >= 4 is 11.6 Å². The molecule has 0 aromatic rings. The Morgan fingerprint density at radius 1 is 1.67 bits per heavy atom. The van der Waals surface area contributed by atoms with Gasteiger partial charge < -0.3 is 4.74 Å². The second-order valence-corrected chi connectivity index (χ2v) is 1.68. The first-order valence-electron chi connectivity index (χ1n) is 1.95. The van der Waals surface area contributed by atoms with E-state index in [0.29, 0.717) is 5.92 Å². The van der Waals surface area contributed by atoms with Crippen molar-refractivity contribution in [3.05, 3.63) is 5.88 Å². The standard InChI is InChI=1S/C4H6ClO/c5-1-4-2-6-3-4/h1,4H,2-3H2. The molecule has 1 saturated heterocycles. The van der Waals surface area contributed by atoms with Gasteiger partial charge in [-0.15, -0.1) is 11.6 Å². The number of ether oxygens (including phenoxy) is 1. The Balaban J connectivity index is 2.01. The molecule has 1 rings (SSSR count). The van der Waals surface area contributed by atoms with Crippen LogP contribution in [-0.2, 0) is 4.74 Å². The fourth-order valence-electron chi connectivity index (χ4n) is 0.327. The maximum Gasteiger partial charge on any atom is 0.0576 e. The zero-order chi connectivity index (χ0) is 4.41. The van der Waals surface area contributed by atoms with Crippen LogP contribution in [0, 0.1) is 11.8 Å². The molecule has 0 aromatic heterocycles. The van der Waals surface area contributed by atoms with E-state index in [4.69, 9.17) is 16.3 Å². The average molecular weight is 106 g/mol.